The van der Waals surface area contributed by atoms with Crippen LogP contribution < -0.4 is 5.39 Å². The van der Waals surface area contributed by atoms with Crippen LogP contribution in [0.2, 0.25) is 13.6 Å². The van der Waals surface area contributed by atoms with E-state index in [-0.39, 0.29) is 0 Å². The minimum atomic E-state index is -0.885. The fraction of sp³-hybridized carbons (Fsp3) is 1.00. The van der Waals surface area contributed by atoms with E-state index in [0.29, 0.717) is 0 Å². The van der Waals surface area contributed by atoms with Crippen LogP contribution in [0, 0.1) is 0 Å². The molecule has 3 N–H and O–H groups in total. The lowest BCUT2D eigenvalue weighted by atomic mass is 9.90. The Bertz CT molecular complexity index is 51.2. The molecule has 46 valence electrons. The van der Waals surface area contributed by atoms with Gasteiger partial charge in [-0.25, -0.2) is 5.39 Å². The van der Waals surface area contributed by atoms with Crippen molar-refractivity contribution in [1.29, 1.82) is 0 Å². The Hall–Kier alpha value is -0.0301. The molecule has 0 rings (SSSR count). The van der Waals surface area contributed by atoms with Gasteiger partial charge in [0.25, 0.3) is 0 Å². The van der Waals surface area contributed by atoms with Gasteiger partial charge in [-0.15, -0.1) is 0 Å². The lowest BCUT2D eigenvalue weighted by molar-refractivity contribution is 0.207. The third-order valence-electron chi connectivity index (χ3n) is 0.409. The van der Waals surface area contributed by atoms with Gasteiger partial charge < -0.3 is 14.8 Å². The van der Waals surface area contributed by atoms with Crippen LogP contribution in [-0.2, 0) is 4.76 Å². The van der Waals surface area contributed by atoms with E-state index < -0.39 is 14.2 Å². The topological polar surface area (TPSA) is 61.7 Å². The molecule has 0 fully saturated rings. The maximum Gasteiger partial charge on any atom is 0.467 e. The first-order valence-corrected chi connectivity index (χ1v) is 2.40. The van der Waals surface area contributed by atoms with Gasteiger partial charge in [0.05, 0.1) is 0 Å². The van der Waals surface area contributed by atoms with Gasteiger partial charge in [-0.3, -0.25) is 0 Å². The standard InChI is InChI=1S/C2H9B2NO3/c1-3(6)5-8-4(2)7/h5-7H,1-2H3. The molecule has 6 heteroatoms. The minimum absolute atomic E-state index is 0.746. The summed E-state index contributed by atoms with van der Waals surface area (Å²) in [6.45, 7) is 2.93. The predicted molar refractivity (Wildman–Crippen MR) is 31.9 cm³/mol. The summed E-state index contributed by atoms with van der Waals surface area (Å²) in [4.78, 5) is 0. The highest BCUT2D eigenvalue weighted by Crippen LogP contribution is 1.73. The van der Waals surface area contributed by atoms with Gasteiger partial charge >= 0.3 is 14.2 Å². The average Bonchev–Trinajstić information content (AvgIpc) is 1.61. The van der Waals surface area contributed by atoms with E-state index in [2.05, 4.69) is 10.1 Å². The highest BCUT2D eigenvalue weighted by Gasteiger charge is 2.06. The molecule has 0 atom stereocenters. The van der Waals surface area contributed by atoms with Gasteiger partial charge in [-0.05, 0) is 13.6 Å². The number of nitrogens with one attached hydrogen (secondary N) is 1. The first-order chi connectivity index (χ1) is 3.63. The maximum absolute atomic E-state index is 8.45. The summed E-state index contributed by atoms with van der Waals surface area (Å²) in [6.07, 6.45) is 0. The molecular weight excluding hydrogens is 108 g/mol. The van der Waals surface area contributed by atoms with E-state index >= 15 is 0 Å². The molecule has 0 amide bonds. The van der Waals surface area contributed by atoms with E-state index in [1.807, 2.05) is 0 Å². The third-order valence-corrected chi connectivity index (χ3v) is 0.409. The van der Waals surface area contributed by atoms with E-state index in [9.17, 15) is 0 Å². The number of hydrogen-bond donors (Lipinski definition) is 3. The minimum Gasteiger partial charge on any atom is -0.436 e. The van der Waals surface area contributed by atoms with Gasteiger partial charge in [-0.1, -0.05) is 0 Å². The first-order valence-electron chi connectivity index (χ1n) is 2.40. The van der Waals surface area contributed by atoms with Crippen molar-refractivity contribution in [2.45, 2.75) is 13.6 Å². The lowest BCUT2D eigenvalue weighted by Crippen LogP contribution is -2.35. The summed E-state index contributed by atoms with van der Waals surface area (Å²) in [5.41, 5.74) is 0. The maximum atomic E-state index is 8.45. The summed E-state index contributed by atoms with van der Waals surface area (Å²) in [7, 11) is -1.63. The second-order valence-corrected chi connectivity index (χ2v) is 1.51. The second-order valence-electron chi connectivity index (χ2n) is 1.51. The van der Waals surface area contributed by atoms with Crippen molar-refractivity contribution < 1.29 is 14.8 Å². The zero-order valence-corrected chi connectivity index (χ0v) is 4.96. The van der Waals surface area contributed by atoms with Gasteiger partial charge in [0, 0.05) is 0 Å². The molecule has 8 heavy (non-hydrogen) atoms. The molecule has 0 aromatic carbocycles. The molecule has 0 aromatic heterocycles. The van der Waals surface area contributed by atoms with E-state index in [1.54, 1.807) is 0 Å². The van der Waals surface area contributed by atoms with E-state index in [0.717, 1.165) is 0 Å². The largest absolute Gasteiger partial charge is 0.467 e. The van der Waals surface area contributed by atoms with Crippen LogP contribution in [-0.4, -0.2) is 24.2 Å². The van der Waals surface area contributed by atoms with Crippen LogP contribution in [0.15, 0.2) is 0 Å². The summed E-state index contributed by atoms with van der Waals surface area (Å²) in [6, 6.07) is 0. The Balaban J connectivity index is 2.93. The van der Waals surface area contributed by atoms with Crippen LogP contribution in [0.4, 0.5) is 0 Å². The number of rotatable bonds is 3. The monoisotopic (exact) mass is 117 g/mol. The van der Waals surface area contributed by atoms with Gasteiger partial charge in [0.15, 0.2) is 0 Å². The fourth-order valence-electron chi connectivity index (χ4n) is 0.197. The van der Waals surface area contributed by atoms with E-state index in [1.165, 1.54) is 13.6 Å². The molecule has 0 spiro atoms. The van der Waals surface area contributed by atoms with Gasteiger partial charge in [0.1, 0.15) is 0 Å². The Morgan fingerprint density at radius 2 is 1.88 bits per heavy atom. The van der Waals surface area contributed by atoms with Crippen molar-refractivity contribution in [3.63, 3.8) is 0 Å². The summed E-state index contributed by atoms with van der Waals surface area (Å²) < 4.78 is 4.36. The highest BCUT2D eigenvalue weighted by atomic mass is 16.7. The zero-order valence-electron chi connectivity index (χ0n) is 4.96. The highest BCUT2D eigenvalue weighted by molar-refractivity contribution is 6.47. The third kappa shape index (κ3) is 5.97. The zero-order chi connectivity index (χ0) is 6.57. The molecule has 0 radical (unpaired) electrons. The van der Waals surface area contributed by atoms with Crippen LogP contribution in [0.25, 0.3) is 0 Å². The molecule has 0 aliphatic carbocycles. The van der Waals surface area contributed by atoms with Crippen molar-refractivity contribution in [2.75, 3.05) is 0 Å². The van der Waals surface area contributed by atoms with Crippen molar-refractivity contribution in [3.8, 4) is 0 Å². The Labute approximate surface area is 49.1 Å². The smallest absolute Gasteiger partial charge is 0.436 e. The SMILES string of the molecule is CB(O)NOB(C)O. The molecule has 0 bridgehead atoms. The van der Waals surface area contributed by atoms with Crippen molar-refractivity contribution in [1.82, 2.24) is 5.39 Å². The molecular formula is C2H9B2NO3. The fourth-order valence-corrected chi connectivity index (χ4v) is 0.197. The molecule has 4 nitrogen and oxygen atoms in total. The molecule has 0 aromatic rings. The van der Waals surface area contributed by atoms with Gasteiger partial charge in [0.2, 0.25) is 0 Å². The van der Waals surface area contributed by atoms with E-state index in [4.69, 9.17) is 10.0 Å². The van der Waals surface area contributed by atoms with Crippen LogP contribution in [0.5, 0.6) is 0 Å². The van der Waals surface area contributed by atoms with Crippen molar-refractivity contribution >= 4 is 14.2 Å². The van der Waals surface area contributed by atoms with Crippen molar-refractivity contribution in [3.05, 3.63) is 0 Å². The second kappa shape index (κ2) is 3.91. The normalized spacial score (nSPS) is 9.00. The molecule has 0 saturated carbocycles. The molecule has 0 aliphatic rings. The summed E-state index contributed by atoms with van der Waals surface area (Å²) >= 11 is 0. The van der Waals surface area contributed by atoms with Crippen LogP contribution in [0.3, 0.4) is 0 Å². The lowest BCUT2D eigenvalue weighted by Gasteiger charge is -2.03. The quantitative estimate of drug-likeness (QED) is 0.318. The van der Waals surface area contributed by atoms with Crippen LogP contribution >= 0.6 is 0 Å². The van der Waals surface area contributed by atoms with Crippen molar-refractivity contribution in [2.24, 2.45) is 0 Å². The number of hydrogen-bond acceptors (Lipinski definition) is 4. The first kappa shape index (κ1) is 7.97. The molecule has 0 saturated heterocycles. The Morgan fingerprint density at radius 3 is 2.00 bits per heavy atom. The Morgan fingerprint density at radius 1 is 1.38 bits per heavy atom. The van der Waals surface area contributed by atoms with Crippen LogP contribution in [0.1, 0.15) is 0 Å². The Kier molecular flexibility index (Phi) is 3.90. The van der Waals surface area contributed by atoms with Gasteiger partial charge in [-0.2, -0.15) is 0 Å². The molecule has 0 aliphatic heterocycles. The molecule has 0 heterocycles. The molecule has 0 unspecified atom stereocenters. The summed E-state index contributed by atoms with van der Waals surface area (Å²) in [5.74, 6) is 0. The predicted octanol–water partition coefficient (Wildman–Crippen LogP) is -1.27. The summed E-state index contributed by atoms with van der Waals surface area (Å²) in [5, 5.41) is 19.0. The average molecular weight is 117 g/mol.